The van der Waals surface area contributed by atoms with E-state index in [1.807, 2.05) is 6.92 Å². The lowest BCUT2D eigenvalue weighted by Crippen LogP contribution is -2.09. The van der Waals surface area contributed by atoms with Gasteiger partial charge in [-0.25, -0.2) is 0 Å². The molecule has 0 aliphatic heterocycles. The third kappa shape index (κ3) is 4.66. The lowest BCUT2D eigenvalue weighted by Gasteiger charge is -2.03. The largest absolute Gasteiger partial charge is 0.393 e. The number of rotatable bonds is 7. The molecule has 5 heteroatoms. The van der Waals surface area contributed by atoms with Gasteiger partial charge in [-0.1, -0.05) is 25.4 Å². The van der Waals surface area contributed by atoms with Gasteiger partial charge in [-0.2, -0.15) is 16.7 Å². The van der Waals surface area contributed by atoms with E-state index >= 15 is 0 Å². The molecule has 86 valence electrons. The number of nitrogens with zero attached hydrogens (tertiary/aromatic N) is 2. The van der Waals surface area contributed by atoms with E-state index in [1.54, 1.807) is 11.8 Å². The van der Waals surface area contributed by atoms with Crippen LogP contribution in [0.15, 0.2) is 4.52 Å². The summed E-state index contributed by atoms with van der Waals surface area (Å²) in [7, 11) is 0. The average Bonchev–Trinajstić information content (AvgIpc) is 2.63. The summed E-state index contributed by atoms with van der Waals surface area (Å²) >= 11 is 1.76. The molecule has 0 saturated carbocycles. The molecule has 0 aromatic carbocycles. The minimum Gasteiger partial charge on any atom is -0.393 e. The fourth-order valence-electron chi connectivity index (χ4n) is 1.26. The molecule has 1 atom stereocenters. The van der Waals surface area contributed by atoms with Crippen LogP contribution in [0.25, 0.3) is 0 Å². The van der Waals surface area contributed by atoms with E-state index in [4.69, 9.17) is 4.52 Å². The molecule has 1 unspecified atom stereocenters. The molecule has 0 fully saturated rings. The molecule has 0 amide bonds. The second kappa shape index (κ2) is 6.85. The molecule has 15 heavy (non-hydrogen) atoms. The van der Waals surface area contributed by atoms with Crippen molar-refractivity contribution >= 4 is 11.8 Å². The zero-order chi connectivity index (χ0) is 11.1. The molecule has 0 saturated heterocycles. The Balaban J connectivity index is 2.38. The summed E-state index contributed by atoms with van der Waals surface area (Å²) in [5, 5.41) is 13.4. The summed E-state index contributed by atoms with van der Waals surface area (Å²) in [5.74, 6) is 3.09. The molecule has 0 aliphatic carbocycles. The van der Waals surface area contributed by atoms with Crippen LogP contribution in [0.2, 0.25) is 0 Å². The van der Waals surface area contributed by atoms with Gasteiger partial charge in [0.05, 0.1) is 18.3 Å². The molecular formula is C10H18N2O2S. The Morgan fingerprint density at radius 1 is 1.47 bits per heavy atom. The Hall–Kier alpha value is -0.550. The normalized spacial score (nSPS) is 13.0. The molecule has 1 heterocycles. The van der Waals surface area contributed by atoms with Crippen molar-refractivity contribution < 1.29 is 9.63 Å². The summed E-state index contributed by atoms with van der Waals surface area (Å²) < 4.78 is 5.04. The van der Waals surface area contributed by atoms with E-state index in [2.05, 4.69) is 17.1 Å². The molecule has 1 rings (SSSR count). The highest BCUT2D eigenvalue weighted by Gasteiger charge is 2.11. The van der Waals surface area contributed by atoms with Crippen LogP contribution < -0.4 is 0 Å². The van der Waals surface area contributed by atoms with Gasteiger partial charge in [-0.05, 0) is 12.2 Å². The van der Waals surface area contributed by atoms with Crippen molar-refractivity contribution in [1.82, 2.24) is 10.1 Å². The standard InChI is InChI=1S/C10H18N2O2S/c1-3-5-8(13)6-10-11-9(12-14-10)7-15-4-2/h8,13H,3-7H2,1-2H3. The highest BCUT2D eigenvalue weighted by Crippen LogP contribution is 2.10. The lowest BCUT2D eigenvalue weighted by atomic mass is 10.1. The predicted octanol–water partition coefficient (Wildman–Crippen LogP) is 2.03. The van der Waals surface area contributed by atoms with Crippen LogP contribution in [0.5, 0.6) is 0 Å². The second-order valence-electron chi connectivity index (χ2n) is 3.39. The number of aliphatic hydroxyl groups excluding tert-OH is 1. The average molecular weight is 230 g/mol. The summed E-state index contributed by atoms with van der Waals surface area (Å²) in [6.07, 6.45) is 1.86. The maximum absolute atomic E-state index is 9.55. The van der Waals surface area contributed by atoms with Crippen molar-refractivity contribution in [3.63, 3.8) is 0 Å². The van der Waals surface area contributed by atoms with Crippen LogP contribution in [-0.4, -0.2) is 27.1 Å². The quantitative estimate of drug-likeness (QED) is 0.776. The SMILES string of the molecule is CCCC(O)Cc1nc(CSCC)no1. The topological polar surface area (TPSA) is 59.2 Å². The number of thioether (sulfide) groups is 1. The second-order valence-corrected chi connectivity index (χ2v) is 4.66. The molecule has 4 nitrogen and oxygen atoms in total. The van der Waals surface area contributed by atoms with Crippen molar-refractivity contribution in [3.05, 3.63) is 11.7 Å². The van der Waals surface area contributed by atoms with E-state index in [9.17, 15) is 5.11 Å². The van der Waals surface area contributed by atoms with Crippen molar-refractivity contribution in [2.75, 3.05) is 5.75 Å². The monoisotopic (exact) mass is 230 g/mol. The number of aromatic nitrogens is 2. The molecule has 0 spiro atoms. The van der Waals surface area contributed by atoms with Crippen LogP contribution in [-0.2, 0) is 12.2 Å². The Morgan fingerprint density at radius 2 is 2.27 bits per heavy atom. The van der Waals surface area contributed by atoms with E-state index in [1.165, 1.54) is 0 Å². The minimum atomic E-state index is -0.359. The number of aliphatic hydroxyl groups is 1. The van der Waals surface area contributed by atoms with E-state index in [0.717, 1.165) is 30.2 Å². The van der Waals surface area contributed by atoms with Crippen LogP contribution in [0, 0.1) is 0 Å². The van der Waals surface area contributed by atoms with Crippen LogP contribution in [0.4, 0.5) is 0 Å². The maximum atomic E-state index is 9.55. The molecule has 1 aromatic heterocycles. The van der Waals surface area contributed by atoms with Crippen molar-refractivity contribution in [2.24, 2.45) is 0 Å². The van der Waals surface area contributed by atoms with E-state index < -0.39 is 0 Å². The molecule has 0 bridgehead atoms. The first-order chi connectivity index (χ1) is 7.26. The van der Waals surface area contributed by atoms with Crippen molar-refractivity contribution in [2.45, 2.75) is 45.0 Å². The maximum Gasteiger partial charge on any atom is 0.229 e. The van der Waals surface area contributed by atoms with Gasteiger partial charge >= 0.3 is 0 Å². The van der Waals surface area contributed by atoms with Crippen LogP contribution >= 0.6 is 11.8 Å². The van der Waals surface area contributed by atoms with E-state index in [-0.39, 0.29) is 6.10 Å². The Kier molecular flexibility index (Phi) is 5.71. The Morgan fingerprint density at radius 3 is 2.93 bits per heavy atom. The smallest absolute Gasteiger partial charge is 0.229 e. The fourth-order valence-corrected chi connectivity index (χ4v) is 1.77. The van der Waals surface area contributed by atoms with Gasteiger partial charge in [0.25, 0.3) is 0 Å². The highest BCUT2D eigenvalue weighted by atomic mass is 32.2. The predicted molar refractivity (Wildman–Crippen MR) is 60.8 cm³/mol. The Bertz CT molecular complexity index is 278. The van der Waals surface area contributed by atoms with Gasteiger partial charge in [-0.15, -0.1) is 0 Å². The van der Waals surface area contributed by atoms with Crippen molar-refractivity contribution in [3.8, 4) is 0 Å². The summed E-state index contributed by atoms with van der Waals surface area (Å²) in [6.45, 7) is 4.14. The number of hydrogen-bond donors (Lipinski definition) is 1. The highest BCUT2D eigenvalue weighted by molar-refractivity contribution is 7.98. The fraction of sp³-hybridized carbons (Fsp3) is 0.800. The lowest BCUT2D eigenvalue weighted by molar-refractivity contribution is 0.151. The molecule has 1 aromatic rings. The van der Waals surface area contributed by atoms with Gasteiger partial charge < -0.3 is 9.63 Å². The molecule has 0 radical (unpaired) electrons. The summed E-state index contributed by atoms with van der Waals surface area (Å²) in [6, 6.07) is 0. The Labute approximate surface area is 94.5 Å². The molecule has 1 N–H and O–H groups in total. The third-order valence-electron chi connectivity index (χ3n) is 1.98. The molecular weight excluding hydrogens is 212 g/mol. The summed E-state index contributed by atoms with van der Waals surface area (Å²) in [4.78, 5) is 4.21. The van der Waals surface area contributed by atoms with Gasteiger partial charge in [0, 0.05) is 0 Å². The zero-order valence-corrected chi connectivity index (χ0v) is 10.1. The van der Waals surface area contributed by atoms with Gasteiger partial charge in [0.2, 0.25) is 5.89 Å². The molecule has 0 aliphatic rings. The summed E-state index contributed by atoms with van der Waals surface area (Å²) in [5.41, 5.74) is 0. The van der Waals surface area contributed by atoms with Gasteiger partial charge in [-0.3, -0.25) is 0 Å². The number of hydrogen-bond acceptors (Lipinski definition) is 5. The van der Waals surface area contributed by atoms with Gasteiger partial charge in [0.15, 0.2) is 5.82 Å². The first-order valence-electron chi connectivity index (χ1n) is 5.33. The van der Waals surface area contributed by atoms with Gasteiger partial charge in [0.1, 0.15) is 0 Å². The minimum absolute atomic E-state index is 0.359. The first kappa shape index (κ1) is 12.5. The zero-order valence-electron chi connectivity index (χ0n) is 9.27. The van der Waals surface area contributed by atoms with E-state index in [0.29, 0.717) is 12.3 Å². The van der Waals surface area contributed by atoms with Crippen LogP contribution in [0.1, 0.15) is 38.4 Å². The van der Waals surface area contributed by atoms with Crippen LogP contribution in [0.3, 0.4) is 0 Å². The third-order valence-corrected chi connectivity index (χ3v) is 2.85. The van der Waals surface area contributed by atoms with Crippen molar-refractivity contribution in [1.29, 1.82) is 0 Å². The first-order valence-corrected chi connectivity index (χ1v) is 6.49.